The minimum atomic E-state index is -0.620. The first-order valence-electron chi connectivity index (χ1n) is 10.6. The number of hydrogen-bond donors (Lipinski definition) is 1. The second kappa shape index (κ2) is 11.6. The van der Waals surface area contributed by atoms with Crippen LogP contribution in [0.1, 0.15) is 30.9 Å². The van der Waals surface area contributed by atoms with E-state index in [4.69, 9.17) is 14.2 Å². The Balaban J connectivity index is 1.70. The summed E-state index contributed by atoms with van der Waals surface area (Å²) >= 11 is 0. The van der Waals surface area contributed by atoms with Crippen LogP contribution in [0.4, 0.5) is 5.69 Å². The molecule has 1 N–H and O–H groups in total. The number of nitrogens with one attached hydrogen (secondary N) is 1. The van der Waals surface area contributed by atoms with Gasteiger partial charge in [-0.25, -0.2) is 0 Å². The lowest BCUT2D eigenvalue weighted by Crippen LogP contribution is -2.24. The summed E-state index contributed by atoms with van der Waals surface area (Å²) in [7, 11) is 0. The second-order valence-corrected chi connectivity index (χ2v) is 6.93. The first kappa shape index (κ1) is 22.9. The van der Waals surface area contributed by atoms with Crippen molar-refractivity contribution in [3.05, 3.63) is 90.0 Å². The van der Waals surface area contributed by atoms with Crippen molar-refractivity contribution < 1.29 is 23.8 Å². The van der Waals surface area contributed by atoms with Gasteiger partial charge in [-0.1, -0.05) is 60.7 Å². The Bertz CT molecular complexity index is 981. The highest BCUT2D eigenvalue weighted by Crippen LogP contribution is 2.30. The summed E-state index contributed by atoms with van der Waals surface area (Å²) < 4.78 is 16.5. The molecule has 1 amide bonds. The third-order valence-electron chi connectivity index (χ3n) is 4.68. The molecule has 0 radical (unpaired) electrons. The highest BCUT2D eigenvalue weighted by atomic mass is 16.5. The molecule has 0 saturated carbocycles. The zero-order valence-electron chi connectivity index (χ0n) is 18.2. The number of ether oxygens (including phenoxy) is 3. The normalized spacial score (nSPS) is 10.5. The van der Waals surface area contributed by atoms with Crippen LogP contribution in [0, 0.1) is 0 Å². The molecule has 0 aliphatic heterocycles. The molecule has 0 saturated heterocycles. The molecule has 0 atom stereocenters. The van der Waals surface area contributed by atoms with E-state index < -0.39 is 24.4 Å². The van der Waals surface area contributed by atoms with E-state index >= 15 is 0 Å². The molecule has 0 fully saturated rings. The number of carbonyl (C=O) groups excluding carboxylic acids is 2. The molecule has 32 heavy (non-hydrogen) atoms. The van der Waals surface area contributed by atoms with Crippen LogP contribution < -0.4 is 14.8 Å². The van der Waals surface area contributed by atoms with Gasteiger partial charge in [0.2, 0.25) is 0 Å². The minimum absolute atomic E-state index is 0.417. The minimum Gasteiger partial charge on any atom is -0.494 e. The molecule has 3 aromatic rings. The second-order valence-electron chi connectivity index (χ2n) is 6.93. The van der Waals surface area contributed by atoms with Crippen LogP contribution >= 0.6 is 0 Å². The van der Waals surface area contributed by atoms with E-state index in [9.17, 15) is 9.59 Å². The number of esters is 1. The molecule has 0 heterocycles. The molecule has 6 heteroatoms. The van der Waals surface area contributed by atoms with Gasteiger partial charge in [0, 0.05) is 6.07 Å². The number of amides is 1. The molecular weight excluding hydrogens is 406 g/mol. The van der Waals surface area contributed by atoms with Gasteiger partial charge < -0.3 is 19.5 Å². The Hall–Kier alpha value is -3.80. The van der Waals surface area contributed by atoms with Crippen LogP contribution in [0.3, 0.4) is 0 Å². The van der Waals surface area contributed by atoms with E-state index in [1.807, 2.05) is 74.5 Å². The molecule has 0 aliphatic carbocycles. The number of anilines is 1. The highest BCUT2D eigenvalue weighted by Gasteiger charge is 2.25. The molecular formula is C26H27NO5. The van der Waals surface area contributed by atoms with Gasteiger partial charge in [0.1, 0.15) is 17.4 Å². The Morgan fingerprint density at radius 3 is 1.97 bits per heavy atom. The van der Waals surface area contributed by atoms with Gasteiger partial charge in [-0.15, -0.1) is 0 Å². The average molecular weight is 434 g/mol. The highest BCUT2D eigenvalue weighted by molar-refractivity contribution is 5.95. The smallest absolute Gasteiger partial charge is 0.318 e. The quantitative estimate of drug-likeness (QED) is 0.465. The van der Waals surface area contributed by atoms with E-state index in [1.165, 1.54) is 0 Å². The predicted molar refractivity (Wildman–Crippen MR) is 123 cm³/mol. The van der Waals surface area contributed by atoms with Crippen molar-refractivity contribution in [1.82, 2.24) is 0 Å². The third-order valence-corrected chi connectivity index (χ3v) is 4.68. The van der Waals surface area contributed by atoms with Gasteiger partial charge in [-0.05, 0) is 37.1 Å². The maximum Gasteiger partial charge on any atom is 0.318 e. The van der Waals surface area contributed by atoms with Gasteiger partial charge in [0.15, 0.2) is 6.61 Å². The first-order valence-corrected chi connectivity index (χ1v) is 10.6. The Kier molecular flexibility index (Phi) is 8.26. The molecule has 0 aliphatic rings. The van der Waals surface area contributed by atoms with Gasteiger partial charge in [-0.3, -0.25) is 9.59 Å². The van der Waals surface area contributed by atoms with E-state index in [0.717, 1.165) is 11.1 Å². The zero-order chi connectivity index (χ0) is 22.8. The molecule has 0 aromatic heterocycles. The fraction of sp³-hybridized carbons (Fsp3) is 0.231. The van der Waals surface area contributed by atoms with Crippen LogP contribution in [0.25, 0.3) is 0 Å². The summed E-state index contributed by atoms with van der Waals surface area (Å²) in [5.41, 5.74) is 2.06. The van der Waals surface area contributed by atoms with Crippen molar-refractivity contribution in [3.63, 3.8) is 0 Å². The molecule has 3 aromatic carbocycles. The number of hydrogen-bond acceptors (Lipinski definition) is 5. The third kappa shape index (κ3) is 6.11. The standard InChI is InChI=1S/C26H27NO5/c1-3-30-21-15-16-23(31-4-2)22(17-21)27-24(28)18-32-26(29)25(19-11-7-5-8-12-19)20-13-9-6-10-14-20/h5-17,25H,3-4,18H2,1-2H3,(H,27,28). The molecule has 0 spiro atoms. The Morgan fingerprint density at radius 2 is 1.41 bits per heavy atom. The van der Waals surface area contributed by atoms with Crippen LogP contribution in [0.15, 0.2) is 78.9 Å². The van der Waals surface area contributed by atoms with Gasteiger partial charge in [-0.2, -0.15) is 0 Å². The van der Waals surface area contributed by atoms with E-state index in [0.29, 0.717) is 30.4 Å². The fourth-order valence-corrected chi connectivity index (χ4v) is 3.31. The van der Waals surface area contributed by atoms with Crippen LogP contribution in [-0.2, 0) is 14.3 Å². The molecule has 166 valence electrons. The Labute approximate surface area is 188 Å². The first-order chi connectivity index (χ1) is 15.6. The molecule has 0 unspecified atom stereocenters. The Morgan fingerprint density at radius 1 is 0.812 bits per heavy atom. The summed E-state index contributed by atoms with van der Waals surface area (Å²) in [4.78, 5) is 25.5. The summed E-state index contributed by atoms with van der Waals surface area (Å²) in [5, 5.41) is 2.75. The average Bonchev–Trinajstić information content (AvgIpc) is 2.81. The lowest BCUT2D eigenvalue weighted by Gasteiger charge is -2.17. The van der Waals surface area contributed by atoms with Crippen molar-refractivity contribution in [2.24, 2.45) is 0 Å². The maximum absolute atomic E-state index is 13.0. The summed E-state index contributed by atoms with van der Waals surface area (Å²) in [6.45, 7) is 4.27. The number of rotatable bonds is 10. The van der Waals surface area contributed by atoms with Gasteiger partial charge in [0.05, 0.1) is 18.9 Å². The molecule has 0 bridgehead atoms. The fourth-order valence-electron chi connectivity index (χ4n) is 3.31. The van der Waals surface area contributed by atoms with Gasteiger partial charge in [0.25, 0.3) is 5.91 Å². The van der Waals surface area contributed by atoms with E-state index in [1.54, 1.807) is 18.2 Å². The number of benzene rings is 3. The predicted octanol–water partition coefficient (Wildman–Crippen LogP) is 4.80. The van der Waals surface area contributed by atoms with Crippen molar-refractivity contribution in [1.29, 1.82) is 0 Å². The molecule has 6 nitrogen and oxygen atoms in total. The van der Waals surface area contributed by atoms with Crippen LogP contribution in [0.2, 0.25) is 0 Å². The lowest BCUT2D eigenvalue weighted by atomic mass is 9.91. The SMILES string of the molecule is CCOc1ccc(OCC)c(NC(=O)COC(=O)C(c2ccccc2)c2ccccc2)c1. The molecule has 3 rings (SSSR count). The van der Waals surface area contributed by atoms with E-state index in [2.05, 4.69) is 5.32 Å². The van der Waals surface area contributed by atoms with Crippen molar-refractivity contribution in [3.8, 4) is 11.5 Å². The summed E-state index contributed by atoms with van der Waals surface area (Å²) in [6.07, 6.45) is 0. The monoisotopic (exact) mass is 433 g/mol. The van der Waals surface area contributed by atoms with Crippen molar-refractivity contribution >= 4 is 17.6 Å². The van der Waals surface area contributed by atoms with Gasteiger partial charge >= 0.3 is 5.97 Å². The maximum atomic E-state index is 13.0. The summed E-state index contributed by atoms with van der Waals surface area (Å²) in [5.74, 6) is -0.456. The summed E-state index contributed by atoms with van der Waals surface area (Å²) in [6, 6.07) is 23.9. The van der Waals surface area contributed by atoms with Crippen molar-refractivity contribution in [2.45, 2.75) is 19.8 Å². The largest absolute Gasteiger partial charge is 0.494 e. The lowest BCUT2D eigenvalue weighted by molar-refractivity contribution is -0.147. The van der Waals surface area contributed by atoms with Crippen molar-refractivity contribution in [2.75, 3.05) is 25.1 Å². The van der Waals surface area contributed by atoms with Crippen LogP contribution in [0.5, 0.6) is 11.5 Å². The van der Waals surface area contributed by atoms with E-state index in [-0.39, 0.29) is 0 Å². The topological polar surface area (TPSA) is 73.9 Å². The number of carbonyl (C=O) groups is 2. The van der Waals surface area contributed by atoms with Crippen LogP contribution in [-0.4, -0.2) is 31.7 Å². The zero-order valence-corrected chi connectivity index (χ0v) is 18.2.